The van der Waals surface area contributed by atoms with Crippen molar-refractivity contribution in [3.8, 4) is 5.69 Å². The van der Waals surface area contributed by atoms with Gasteiger partial charge >= 0.3 is 5.97 Å². The highest BCUT2D eigenvalue weighted by Crippen LogP contribution is 2.21. The molecular formula is C15H13N3O3. The Labute approximate surface area is 120 Å². The Bertz CT molecular complexity index is 806. The molecule has 0 spiro atoms. The summed E-state index contributed by atoms with van der Waals surface area (Å²) < 4.78 is 1.53. The van der Waals surface area contributed by atoms with E-state index in [2.05, 4.69) is 10.1 Å². The van der Waals surface area contributed by atoms with Crippen LogP contribution in [0.15, 0.2) is 42.7 Å². The number of hydrogen-bond donors (Lipinski definition) is 2. The minimum atomic E-state index is -1.10. The number of benzene rings is 1. The first-order chi connectivity index (χ1) is 10.2. The zero-order chi connectivity index (χ0) is 14.8. The van der Waals surface area contributed by atoms with Gasteiger partial charge in [0.15, 0.2) is 5.69 Å². The van der Waals surface area contributed by atoms with Crippen LogP contribution in [0.25, 0.3) is 16.6 Å². The highest BCUT2D eigenvalue weighted by molar-refractivity contribution is 5.89. The molecule has 0 bridgehead atoms. The molecule has 106 valence electrons. The summed E-state index contributed by atoms with van der Waals surface area (Å²) in [5.41, 5.74) is 2.04. The van der Waals surface area contributed by atoms with Crippen LogP contribution < -0.4 is 0 Å². The van der Waals surface area contributed by atoms with Gasteiger partial charge in [0.2, 0.25) is 0 Å². The molecule has 3 aromatic rings. The third-order valence-corrected chi connectivity index (χ3v) is 3.24. The zero-order valence-electron chi connectivity index (χ0n) is 11.1. The maximum atomic E-state index is 11.2. The maximum absolute atomic E-state index is 11.2. The minimum absolute atomic E-state index is 0.0371. The van der Waals surface area contributed by atoms with E-state index < -0.39 is 5.97 Å². The Balaban J connectivity index is 2.19. The second kappa shape index (κ2) is 5.34. The van der Waals surface area contributed by atoms with E-state index in [9.17, 15) is 9.90 Å². The molecule has 0 aliphatic heterocycles. The fraction of sp³-hybridized carbons (Fsp3) is 0.133. The largest absolute Gasteiger partial charge is 0.476 e. The first-order valence-corrected chi connectivity index (χ1v) is 6.47. The van der Waals surface area contributed by atoms with E-state index in [1.54, 1.807) is 12.4 Å². The number of nitrogens with zero attached hydrogens (tertiary/aromatic N) is 3. The smallest absolute Gasteiger partial charge is 0.356 e. The molecule has 0 saturated carbocycles. The topological polar surface area (TPSA) is 88.2 Å². The van der Waals surface area contributed by atoms with Gasteiger partial charge in [0.1, 0.15) is 0 Å². The summed E-state index contributed by atoms with van der Waals surface area (Å²) in [6, 6.07) is 9.31. The van der Waals surface area contributed by atoms with E-state index in [1.165, 1.54) is 4.68 Å². The maximum Gasteiger partial charge on any atom is 0.356 e. The van der Waals surface area contributed by atoms with Crippen molar-refractivity contribution in [2.75, 3.05) is 6.61 Å². The van der Waals surface area contributed by atoms with Crippen LogP contribution in [0, 0.1) is 0 Å². The Hall–Kier alpha value is -2.73. The molecule has 21 heavy (non-hydrogen) atoms. The highest BCUT2D eigenvalue weighted by Gasteiger charge is 2.16. The number of aliphatic hydroxyl groups is 1. The van der Waals surface area contributed by atoms with E-state index >= 15 is 0 Å². The average molecular weight is 283 g/mol. The molecule has 1 aromatic carbocycles. The SMILES string of the molecule is O=C(O)c1nn(-c2cccc3ncccc23)cc1CCO. The van der Waals surface area contributed by atoms with Crippen molar-refractivity contribution in [2.45, 2.75) is 6.42 Å². The summed E-state index contributed by atoms with van der Waals surface area (Å²) in [6.07, 6.45) is 3.60. The number of fused-ring (bicyclic) bond motifs is 1. The standard InChI is InChI=1S/C15H13N3O3/c19-8-6-10-9-18(17-14(10)15(20)21)13-5-1-4-12-11(13)3-2-7-16-12/h1-5,7,9,19H,6,8H2,(H,20,21). The van der Waals surface area contributed by atoms with Gasteiger partial charge in [-0.3, -0.25) is 4.98 Å². The van der Waals surface area contributed by atoms with E-state index in [0.717, 1.165) is 16.6 Å². The minimum Gasteiger partial charge on any atom is -0.476 e. The fourth-order valence-corrected chi connectivity index (χ4v) is 2.30. The summed E-state index contributed by atoms with van der Waals surface area (Å²) in [4.78, 5) is 15.5. The number of aliphatic hydroxyl groups excluding tert-OH is 1. The molecule has 0 aliphatic carbocycles. The number of rotatable bonds is 4. The number of pyridine rings is 1. The lowest BCUT2D eigenvalue weighted by Crippen LogP contribution is -2.04. The van der Waals surface area contributed by atoms with Crippen LogP contribution in [-0.4, -0.2) is 37.6 Å². The molecule has 2 N–H and O–H groups in total. The number of carboxylic acids is 1. The second-order valence-corrected chi connectivity index (χ2v) is 4.57. The summed E-state index contributed by atoms with van der Waals surface area (Å²) in [5, 5.41) is 23.2. The number of carbonyl (C=O) groups is 1. The van der Waals surface area contributed by atoms with Gasteiger partial charge in [0, 0.05) is 30.0 Å². The molecule has 2 aromatic heterocycles. The van der Waals surface area contributed by atoms with Crippen LogP contribution in [0.4, 0.5) is 0 Å². The molecule has 2 heterocycles. The third-order valence-electron chi connectivity index (χ3n) is 3.24. The van der Waals surface area contributed by atoms with Crippen LogP contribution in [0.5, 0.6) is 0 Å². The van der Waals surface area contributed by atoms with Crippen molar-refractivity contribution in [3.05, 3.63) is 54.0 Å². The molecule has 0 radical (unpaired) electrons. The normalized spacial score (nSPS) is 10.9. The lowest BCUT2D eigenvalue weighted by atomic mass is 10.2. The summed E-state index contributed by atoms with van der Waals surface area (Å²) in [6.45, 7) is -0.122. The molecule has 0 saturated heterocycles. The zero-order valence-corrected chi connectivity index (χ0v) is 11.1. The Morgan fingerprint density at radius 3 is 2.86 bits per heavy atom. The first kappa shape index (κ1) is 13.3. The summed E-state index contributed by atoms with van der Waals surface area (Å²) in [5.74, 6) is -1.10. The van der Waals surface area contributed by atoms with Gasteiger partial charge in [-0.2, -0.15) is 5.10 Å². The van der Waals surface area contributed by atoms with E-state index in [4.69, 9.17) is 5.11 Å². The molecule has 6 nitrogen and oxygen atoms in total. The van der Waals surface area contributed by atoms with Gasteiger partial charge < -0.3 is 10.2 Å². The average Bonchev–Trinajstić information content (AvgIpc) is 2.91. The molecule has 0 fully saturated rings. The van der Waals surface area contributed by atoms with Crippen molar-refractivity contribution < 1.29 is 15.0 Å². The van der Waals surface area contributed by atoms with Crippen LogP contribution >= 0.6 is 0 Å². The molecular weight excluding hydrogens is 270 g/mol. The Morgan fingerprint density at radius 1 is 1.24 bits per heavy atom. The number of hydrogen-bond acceptors (Lipinski definition) is 4. The number of aromatic nitrogens is 3. The van der Waals surface area contributed by atoms with Crippen molar-refractivity contribution >= 4 is 16.9 Å². The number of aromatic carboxylic acids is 1. The van der Waals surface area contributed by atoms with Gasteiger partial charge in [-0.25, -0.2) is 9.48 Å². The second-order valence-electron chi connectivity index (χ2n) is 4.57. The van der Waals surface area contributed by atoms with Gasteiger partial charge in [-0.1, -0.05) is 6.07 Å². The molecule has 6 heteroatoms. The Morgan fingerprint density at radius 2 is 2.10 bits per heavy atom. The van der Waals surface area contributed by atoms with Crippen molar-refractivity contribution in [1.29, 1.82) is 0 Å². The van der Waals surface area contributed by atoms with E-state index in [0.29, 0.717) is 5.56 Å². The number of carboxylic acid groups (broad SMARTS) is 1. The van der Waals surface area contributed by atoms with Crippen LogP contribution in [0.1, 0.15) is 16.1 Å². The van der Waals surface area contributed by atoms with E-state index in [-0.39, 0.29) is 18.7 Å². The third kappa shape index (κ3) is 2.36. The predicted octanol–water partition coefficient (Wildman–Crippen LogP) is 1.65. The predicted molar refractivity (Wildman–Crippen MR) is 76.6 cm³/mol. The highest BCUT2D eigenvalue weighted by atomic mass is 16.4. The van der Waals surface area contributed by atoms with E-state index in [1.807, 2.05) is 30.3 Å². The monoisotopic (exact) mass is 283 g/mol. The van der Waals surface area contributed by atoms with Crippen LogP contribution in [-0.2, 0) is 6.42 Å². The molecule has 0 unspecified atom stereocenters. The summed E-state index contributed by atoms with van der Waals surface area (Å²) in [7, 11) is 0. The lowest BCUT2D eigenvalue weighted by Gasteiger charge is -2.05. The van der Waals surface area contributed by atoms with Crippen LogP contribution in [0.2, 0.25) is 0 Å². The molecule has 0 amide bonds. The molecule has 0 atom stereocenters. The summed E-state index contributed by atoms with van der Waals surface area (Å²) >= 11 is 0. The van der Waals surface area contributed by atoms with Crippen molar-refractivity contribution in [2.24, 2.45) is 0 Å². The molecule has 0 aliphatic rings. The van der Waals surface area contributed by atoms with Gasteiger partial charge in [0.05, 0.1) is 11.2 Å². The molecule has 3 rings (SSSR count). The lowest BCUT2D eigenvalue weighted by molar-refractivity contribution is 0.0688. The van der Waals surface area contributed by atoms with Gasteiger partial charge in [-0.05, 0) is 30.7 Å². The fourth-order valence-electron chi connectivity index (χ4n) is 2.30. The van der Waals surface area contributed by atoms with Crippen molar-refractivity contribution in [1.82, 2.24) is 14.8 Å². The Kier molecular flexibility index (Phi) is 3.37. The van der Waals surface area contributed by atoms with Gasteiger partial charge in [-0.15, -0.1) is 0 Å². The van der Waals surface area contributed by atoms with Crippen LogP contribution in [0.3, 0.4) is 0 Å². The van der Waals surface area contributed by atoms with Crippen molar-refractivity contribution in [3.63, 3.8) is 0 Å². The quantitative estimate of drug-likeness (QED) is 0.760. The first-order valence-electron chi connectivity index (χ1n) is 6.47. The van der Waals surface area contributed by atoms with Gasteiger partial charge in [0.25, 0.3) is 0 Å².